The van der Waals surface area contributed by atoms with Gasteiger partial charge in [-0.25, -0.2) is 15.0 Å². The standard InChI is InChI=1S/C28H26N8S/c1-2-4-17(3-1)12-29-13-18-11-20(15-30-14-18)22-5-6-23-25(32-22)26(36-35-23)28-33-24-21(19-8-10-37-16-19)7-9-31-27(24)34-28/h5-11,14-17,29H,1-4,12-13H2,(H,35,36)(H,31,33,34). The van der Waals surface area contributed by atoms with E-state index in [1.807, 2.05) is 30.6 Å². The number of nitrogens with one attached hydrogen (secondary N) is 3. The lowest BCUT2D eigenvalue weighted by Gasteiger charge is -2.11. The highest BCUT2D eigenvalue weighted by molar-refractivity contribution is 7.08. The molecule has 6 heterocycles. The Balaban J connectivity index is 1.20. The third-order valence-corrected chi connectivity index (χ3v) is 7.87. The molecular formula is C28H26N8S. The van der Waals surface area contributed by atoms with Crippen molar-refractivity contribution < 1.29 is 0 Å². The van der Waals surface area contributed by atoms with E-state index in [9.17, 15) is 0 Å². The lowest BCUT2D eigenvalue weighted by molar-refractivity contribution is 0.489. The van der Waals surface area contributed by atoms with Crippen LogP contribution in [0, 0.1) is 5.92 Å². The first-order valence-corrected chi connectivity index (χ1v) is 13.6. The van der Waals surface area contributed by atoms with Crippen molar-refractivity contribution >= 4 is 33.5 Å². The summed E-state index contributed by atoms with van der Waals surface area (Å²) in [5, 5.41) is 15.5. The summed E-state index contributed by atoms with van der Waals surface area (Å²) in [7, 11) is 0. The van der Waals surface area contributed by atoms with Crippen LogP contribution in [0.4, 0.5) is 0 Å². The van der Waals surface area contributed by atoms with E-state index in [0.29, 0.717) is 17.2 Å². The first kappa shape index (κ1) is 22.3. The van der Waals surface area contributed by atoms with Crippen LogP contribution >= 0.6 is 11.3 Å². The normalized spacial score (nSPS) is 14.3. The van der Waals surface area contributed by atoms with Crippen molar-refractivity contribution in [1.82, 2.24) is 40.4 Å². The third-order valence-electron chi connectivity index (χ3n) is 7.18. The largest absolute Gasteiger partial charge is 0.335 e. The van der Waals surface area contributed by atoms with Crippen LogP contribution in [0.15, 0.2) is 59.7 Å². The topological polar surface area (TPSA) is 108 Å². The van der Waals surface area contributed by atoms with E-state index in [-0.39, 0.29) is 0 Å². The second kappa shape index (κ2) is 9.49. The summed E-state index contributed by atoms with van der Waals surface area (Å²) in [6, 6.07) is 10.3. The predicted molar refractivity (Wildman–Crippen MR) is 147 cm³/mol. The molecule has 1 aliphatic carbocycles. The van der Waals surface area contributed by atoms with E-state index in [2.05, 4.69) is 53.4 Å². The molecule has 0 atom stereocenters. The molecular weight excluding hydrogens is 480 g/mol. The number of nitrogens with zero attached hydrogens (tertiary/aromatic N) is 5. The molecule has 0 aromatic carbocycles. The van der Waals surface area contributed by atoms with Crippen LogP contribution < -0.4 is 5.32 Å². The SMILES string of the molecule is c1cc(-c2ccsc2)c2[nH]c(-c3n[nH]c4ccc(-c5cncc(CNCC6CCCC6)c5)nc34)nc2n1. The van der Waals surface area contributed by atoms with Crippen molar-refractivity contribution in [3.05, 3.63) is 65.2 Å². The summed E-state index contributed by atoms with van der Waals surface area (Å²) in [5.41, 5.74) is 9.06. The zero-order valence-corrected chi connectivity index (χ0v) is 21.1. The van der Waals surface area contributed by atoms with E-state index in [4.69, 9.17) is 9.97 Å². The fourth-order valence-electron chi connectivity index (χ4n) is 5.27. The second-order valence-corrected chi connectivity index (χ2v) is 10.5. The Labute approximate surface area is 217 Å². The Bertz CT molecular complexity index is 1680. The molecule has 1 saturated carbocycles. The van der Waals surface area contributed by atoms with Gasteiger partial charge in [0.05, 0.1) is 16.7 Å². The molecule has 0 saturated heterocycles. The van der Waals surface area contributed by atoms with E-state index in [0.717, 1.165) is 63.5 Å². The predicted octanol–water partition coefficient (Wildman–Crippen LogP) is 5.97. The number of hydrogen-bond acceptors (Lipinski definition) is 7. The number of pyridine rings is 3. The fourth-order valence-corrected chi connectivity index (χ4v) is 5.92. The number of aromatic amines is 2. The van der Waals surface area contributed by atoms with Crippen LogP contribution in [0.2, 0.25) is 0 Å². The van der Waals surface area contributed by atoms with Gasteiger partial charge in [-0.15, -0.1) is 0 Å². The van der Waals surface area contributed by atoms with Gasteiger partial charge in [0, 0.05) is 36.3 Å². The molecule has 9 heteroatoms. The molecule has 37 heavy (non-hydrogen) atoms. The molecule has 0 spiro atoms. The molecule has 0 amide bonds. The van der Waals surface area contributed by atoms with Gasteiger partial charge in [0.15, 0.2) is 17.2 Å². The third kappa shape index (κ3) is 4.30. The average Bonchev–Trinajstić information content (AvgIpc) is 3.74. The van der Waals surface area contributed by atoms with Crippen molar-refractivity contribution in [3.8, 4) is 33.9 Å². The van der Waals surface area contributed by atoms with Gasteiger partial charge in [0.2, 0.25) is 0 Å². The van der Waals surface area contributed by atoms with Crippen molar-refractivity contribution in [3.63, 3.8) is 0 Å². The van der Waals surface area contributed by atoms with Crippen LogP contribution in [0.1, 0.15) is 31.2 Å². The Kier molecular flexibility index (Phi) is 5.71. The highest BCUT2D eigenvalue weighted by atomic mass is 32.1. The smallest absolute Gasteiger partial charge is 0.178 e. The van der Waals surface area contributed by atoms with Gasteiger partial charge in [-0.2, -0.15) is 16.4 Å². The number of hydrogen-bond donors (Lipinski definition) is 3. The van der Waals surface area contributed by atoms with Crippen LogP contribution in [0.3, 0.4) is 0 Å². The molecule has 1 aliphatic rings. The van der Waals surface area contributed by atoms with E-state index < -0.39 is 0 Å². The number of fused-ring (bicyclic) bond motifs is 2. The second-order valence-electron chi connectivity index (χ2n) is 9.68. The van der Waals surface area contributed by atoms with Gasteiger partial charge in [-0.3, -0.25) is 10.1 Å². The van der Waals surface area contributed by atoms with Gasteiger partial charge in [0.25, 0.3) is 0 Å². The van der Waals surface area contributed by atoms with Gasteiger partial charge >= 0.3 is 0 Å². The number of imidazole rings is 1. The number of H-pyrrole nitrogens is 2. The monoisotopic (exact) mass is 506 g/mol. The van der Waals surface area contributed by atoms with Gasteiger partial charge < -0.3 is 10.3 Å². The number of aromatic nitrogens is 7. The maximum atomic E-state index is 4.98. The Morgan fingerprint density at radius 3 is 2.86 bits per heavy atom. The molecule has 1 fully saturated rings. The zero-order valence-electron chi connectivity index (χ0n) is 20.2. The maximum absolute atomic E-state index is 4.98. The van der Waals surface area contributed by atoms with Crippen LogP contribution in [0.5, 0.6) is 0 Å². The van der Waals surface area contributed by atoms with Gasteiger partial charge in [-0.05, 0) is 77.5 Å². The lowest BCUT2D eigenvalue weighted by Crippen LogP contribution is -2.20. The Morgan fingerprint density at radius 2 is 1.97 bits per heavy atom. The van der Waals surface area contributed by atoms with Crippen LogP contribution in [0.25, 0.3) is 56.1 Å². The van der Waals surface area contributed by atoms with Crippen molar-refractivity contribution in [1.29, 1.82) is 0 Å². The van der Waals surface area contributed by atoms with Crippen molar-refractivity contribution in [2.24, 2.45) is 5.92 Å². The summed E-state index contributed by atoms with van der Waals surface area (Å²) in [6.07, 6.45) is 11.0. The van der Waals surface area contributed by atoms with Crippen molar-refractivity contribution in [2.45, 2.75) is 32.2 Å². The first-order chi connectivity index (χ1) is 18.3. The molecule has 0 unspecified atom stereocenters. The quantitative estimate of drug-likeness (QED) is 0.246. The highest BCUT2D eigenvalue weighted by Gasteiger charge is 2.18. The molecule has 0 radical (unpaired) electrons. The molecule has 7 rings (SSSR count). The molecule has 6 aromatic rings. The summed E-state index contributed by atoms with van der Waals surface area (Å²) in [5.74, 6) is 1.46. The molecule has 0 aliphatic heterocycles. The average molecular weight is 507 g/mol. The van der Waals surface area contributed by atoms with E-state index in [1.165, 1.54) is 25.7 Å². The minimum absolute atomic E-state index is 0.643. The summed E-state index contributed by atoms with van der Waals surface area (Å²) >= 11 is 1.67. The number of thiophene rings is 1. The summed E-state index contributed by atoms with van der Waals surface area (Å²) in [6.45, 7) is 1.89. The van der Waals surface area contributed by atoms with Crippen LogP contribution in [-0.2, 0) is 6.54 Å². The van der Waals surface area contributed by atoms with Crippen LogP contribution in [-0.4, -0.2) is 41.7 Å². The Hall–Kier alpha value is -3.95. The first-order valence-electron chi connectivity index (χ1n) is 12.7. The molecule has 6 aromatic heterocycles. The molecule has 8 nitrogen and oxygen atoms in total. The fraction of sp³-hybridized carbons (Fsp3) is 0.250. The lowest BCUT2D eigenvalue weighted by atomic mass is 10.1. The Morgan fingerprint density at radius 1 is 1.03 bits per heavy atom. The zero-order chi connectivity index (χ0) is 24.6. The summed E-state index contributed by atoms with van der Waals surface area (Å²) < 4.78 is 0. The molecule has 0 bridgehead atoms. The van der Waals surface area contributed by atoms with E-state index in [1.54, 1.807) is 17.5 Å². The minimum Gasteiger partial charge on any atom is -0.335 e. The van der Waals surface area contributed by atoms with Gasteiger partial charge in [-0.1, -0.05) is 12.8 Å². The maximum Gasteiger partial charge on any atom is 0.178 e. The number of rotatable bonds is 7. The highest BCUT2D eigenvalue weighted by Crippen LogP contribution is 2.32. The van der Waals surface area contributed by atoms with Gasteiger partial charge in [0.1, 0.15) is 5.52 Å². The van der Waals surface area contributed by atoms with E-state index >= 15 is 0 Å². The summed E-state index contributed by atoms with van der Waals surface area (Å²) in [4.78, 5) is 22.1. The van der Waals surface area contributed by atoms with Crippen molar-refractivity contribution in [2.75, 3.05) is 6.54 Å². The molecule has 184 valence electrons. The minimum atomic E-state index is 0.643. The molecule has 3 N–H and O–H groups in total.